The molecule has 1 atom stereocenters. The molecule has 2 aromatic carbocycles. The highest BCUT2D eigenvalue weighted by atomic mass is 35.5. The number of likely N-dealkylation sites (tertiary alicyclic amines) is 1. The third-order valence-corrected chi connectivity index (χ3v) is 5.27. The fourth-order valence-corrected chi connectivity index (χ4v) is 3.79. The highest BCUT2D eigenvalue weighted by Crippen LogP contribution is 2.35. The number of piperidine rings is 1. The molecule has 8 heteroatoms. The number of rotatable bonds is 6. The molecule has 1 heterocycles. The van der Waals surface area contributed by atoms with E-state index in [-0.39, 0.29) is 25.1 Å². The van der Waals surface area contributed by atoms with Crippen LogP contribution in [-0.2, 0) is 4.79 Å². The molecular formula is C21H21ClF2N2O3. The highest BCUT2D eigenvalue weighted by molar-refractivity contribution is 6.30. The van der Waals surface area contributed by atoms with Crippen LogP contribution in [-0.4, -0.2) is 36.4 Å². The molecule has 2 N–H and O–H groups in total. The first-order chi connectivity index (χ1) is 13.8. The first-order valence-electron chi connectivity index (χ1n) is 9.19. The molecule has 154 valence electrons. The molecule has 0 saturated carbocycles. The van der Waals surface area contributed by atoms with E-state index in [4.69, 9.17) is 22.1 Å². The third kappa shape index (κ3) is 5.23. The Hall–Kier alpha value is -2.67. The van der Waals surface area contributed by atoms with E-state index in [9.17, 15) is 18.4 Å². The molecule has 0 unspecified atom stereocenters. The Morgan fingerprint density at radius 2 is 1.90 bits per heavy atom. The van der Waals surface area contributed by atoms with Gasteiger partial charge >= 0.3 is 0 Å². The summed E-state index contributed by atoms with van der Waals surface area (Å²) in [6.07, 6.45) is 1.25. The predicted molar refractivity (Wildman–Crippen MR) is 105 cm³/mol. The zero-order valence-corrected chi connectivity index (χ0v) is 16.4. The van der Waals surface area contributed by atoms with Crippen molar-refractivity contribution in [1.82, 2.24) is 4.90 Å². The lowest BCUT2D eigenvalue weighted by atomic mass is 9.77. The minimum Gasteiger partial charge on any atom is -0.493 e. The number of ether oxygens (including phenoxy) is 1. The topological polar surface area (TPSA) is 72.6 Å². The van der Waals surface area contributed by atoms with Gasteiger partial charge in [0.05, 0.1) is 12.2 Å². The fraction of sp³-hybridized carbons (Fsp3) is 0.333. The molecule has 1 aliphatic rings. The number of benzene rings is 2. The second kappa shape index (κ2) is 8.78. The van der Waals surface area contributed by atoms with Crippen LogP contribution in [0.3, 0.4) is 0 Å². The van der Waals surface area contributed by atoms with Gasteiger partial charge in [0.15, 0.2) is 0 Å². The van der Waals surface area contributed by atoms with Gasteiger partial charge in [-0.15, -0.1) is 0 Å². The van der Waals surface area contributed by atoms with Gasteiger partial charge in [0.25, 0.3) is 5.91 Å². The first kappa shape index (κ1) is 21.0. The molecule has 1 saturated heterocycles. The summed E-state index contributed by atoms with van der Waals surface area (Å²) in [6, 6.07) is 9.64. The molecule has 5 nitrogen and oxygen atoms in total. The maximum atomic E-state index is 14.1. The maximum Gasteiger partial charge on any atom is 0.256 e. The standard InChI is InChI=1S/C21H21ClF2N2O3/c22-14-2-5-16(6-3-14)29-13-21(11-19(25)27)8-1-9-26(12-21)20(28)17-7-4-15(23)10-18(17)24/h2-7,10H,1,8-9,11-13H2,(H2,25,27)/t21-/m1/s1. The summed E-state index contributed by atoms with van der Waals surface area (Å²) in [7, 11) is 0. The SMILES string of the molecule is NC(=O)C[C@]1(COc2ccc(Cl)cc2)CCCN(C(=O)c2ccc(F)cc2F)C1. The zero-order chi connectivity index (χ0) is 21.0. The molecule has 3 rings (SSSR count). The van der Waals surface area contributed by atoms with E-state index < -0.39 is 28.9 Å². The van der Waals surface area contributed by atoms with Crippen LogP contribution in [0.5, 0.6) is 5.75 Å². The maximum absolute atomic E-state index is 14.1. The fourth-order valence-electron chi connectivity index (χ4n) is 3.66. The van der Waals surface area contributed by atoms with Gasteiger partial charge < -0.3 is 15.4 Å². The third-order valence-electron chi connectivity index (χ3n) is 5.02. The number of carbonyl (C=O) groups is 2. The van der Waals surface area contributed by atoms with Gasteiger partial charge in [-0.2, -0.15) is 0 Å². The van der Waals surface area contributed by atoms with Gasteiger partial charge in [0.1, 0.15) is 17.4 Å². The van der Waals surface area contributed by atoms with Crippen LogP contribution in [0.2, 0.25) is 5.02 Å². The number of nitrogens with two attached hydrogens (primary N) is 1. The minimum absolute atomic E-state index is 0.0241. The summed E-state index contributed by atoms with van der Waals surface area (Å²) in [6.45, 7) is 0.740. The average Bonchev–Trinajstić information content (AvgIpc) is 2.67. The van der Waals surface area contributed by atoms with E-state index in [2.05, 4.69) is 0 Å². The van der Waals surface area contributed by atoms with Gasteiger partial charge in [-0.05, 0) is 49.2 Å². The van der Waals surface area contributed by atoms with Crippen molar-refractivity contribution in [1.29, 1.82) is 0 Å². The number of carbonyl (C=O) groups excluding carboxylic acids is 2. The summed E-state index contributed by atoms with van der Waals surface area (Å²) < 4.78 is 33.1. The number of nitrogens with zero attached hydrogens (tertiary/aromatic N) is 1. The Morgan fingerprint density at radius 3 is 2.55 bits per heavy atom. The number of halogens is 3. The van der Waals surface area contributed by atoms with E-state index in [1.54, 1.807) is 24.3 Å². The smallest absolute Gasteiger partial charge is 0.256 e. The summed E-state index contributed by atoms with van der Waals surface area (Å²) in [4.78, 5) is 26.0. The lowest BCUT2D eigenvalue weighted by molar-refractivity contribution is -0.122. The van der Waals surface area contributed by atoms with Gasteiger partial charge in [0.2, 0.25) is 5.91 Å². The quantitative estimate of drug-likeness (QED) is 0.769. The van der Waals surface area contributed by atoms with E-state index in [1.807, 2.05) is 0 Å². The molecule has 29 heavy (non-hydrogen) atoms. The van der Waals surface area contributed by atoms with Crippen LogP contribution in [0.4, 0.5) is 8.78 Å². The lowest BCUT2D eigenvalue weighted by Crippen LogP contribution is -2.50. The molecule has 0 radical (unpaired) electrons. The predicted octanol–water partition coefficient (Wildman–Crippen LogP) is 3.80. The van der Waals surface area contributed by atoms with Crippen molar-refractivity contribution in [2.24, 2.45) is 11.1 Å². The molecule has 1 aliphatic heterocycles. The molecule has 0 bridgehead atoms. The van der Waals surface area contributed by atoms with Crippen LogP contribution in [0.1, 0.15) is 29.6 Å². The van der Waals surface area contributed by atoms with Crippen LogP contribution in [0.25, 0.3) is 0 Å². The Balaban J connectivity index is 1.78. The van der Waals surface area contributed by atoms with Gasteiger partial charge in [0, 0.05) is 36.0 Å². The number of amides is 2. The van der Waals surface area contributed by atoms with Gasteiger partial charge in [-0.3, -0.25) is 9.59 Å². The van der Waals surface area contributed by atoms with Crippen LogP contribution in [0.15, 0.2) is 42.5 Å². The molecule has 2 amide bonds. The van der Waals surface area contributed by atoms with E-state index in [1.165, 1.54) is 4.90 Å². The Bertz CT molecular complexity index is 907. The van der Waals surface area contributed by atoms with Crippen LogP contribution >= 0.6 is 11.6 Å². The zero-order valence-electron chi connectivity index (χ0n) is 15.7. The van der Waals surface area contributed by atoms with Crippen molar-refractivity contribution in [2.45, 2.75) is 19.3 Å². The normalized spacial score (nSPS) is 19.1. The van der Waals surface area contributed by atoms with E-state index in [0.29, 0.717) is 36.2 Å². The van der Waals surface area contributed by atoms with Crippen molar-refractivity contribution in [3.8, 4) is 5.75 Å². The van der Waals surface area contributed by atoms with Crippen molar-refractivity contribution in [2.75, 3.05) is 19.7 Å². The van der Waals surface area contributed by atoms with E-state index >= 15 is 0 Å². The minimum atomic E-state index is -0.918. The molecule has 0 aromatic heterocycles. The summed E-state index contributed by atoms with van der Waals surface area (Å²) in [5.74, 6) is -2.16. The van der Waals surface area contributed by atoms with Crippen molar-refractivity contribution in [3.63, 3.8) is 0 Å². The monoisotopic (exact) mass is 422 g/mol. The first-order valence-corrected chi connectivity index (χ1v) is 9.57. The Kier molecular flexibility index (Phi) is 6.37. The summed E-state index contributed by atoms with van der Waals surface area (Å²) in [5.41, 5.74) is 4.55. The van der Waals surface area contributed by atoms with Crippen LogP contribution < -0.4 is 10.5 Å². The van der Waals surface area contributed by atoms with Crippen molar-refractivity contribution < 1.29 is 23.1 Å². The van der Waals surface area contributed by atoms with Crippen molar-refractivity contribution >= 4 is 23.4 Å². The Labute approximate surface area is 172 Å². The molecule has 1 fully saturated rings. The summed E-state index contributed by atoms with van der Waals surface area (Å²) in [5, 5.41) is 0.569. The lowest BCUT2D eigenvalue weighted by Gasteiger charge is -2.42. The second-order valence-corrected chi connectivity index (χ2v) is 7.78. The number of hydrogen-bond acceptors (Lipinski definition) is 3. The number of primary amides is 1. The van der Waals surface area contributed by atoms with Crippen molar-refractivity contribution in [3.05, 3.63) is 64.7 Å². The number of hydrogen-bond donors (Lipinski definition) is 1. The molecule has 2 aromatic rings. The largest absolute Gasteiger partial charge is 0.493 e. The van der Waals surface area contributed by atoms with E-state index in [0.717, 1.165) is 12.1 Å². The Morgan fingerprint density at radius 1 is 1.17 bits per heavy atom. The summed E-state index contributed by atoms with van der Waals surface area (Å²) >= 11 is 5.88. The molecular weight excluding hydrogens is 402 g/mol. The molecule has 0 spiro atoms. The van der Waals surface area contributed by atoms with Gasteiger partial charge in [-0.25, -0.2) is 8.78 Å². The second-order valence-electron chi connectivity index (χ2n) is 7.34. The highest BCUT2D eigenvalue weighted by Gasteiger charge is 2.40. The molecule has 0 aliphatic carbocycles. The average molecular weight is 423 g/mol. The van der Waals surface area contributed by atoms with Gasteiger partial charge in [-0.1, -0.05) is 11.6 Å². The van der Waals surface area contributed by atoms with Crippen LogP contribution in [0, 0.1) is 17.0 Å².